The summed E-state index contributed by atoms with van der Waals surface area (Å²) in [6, 6.07) is 10.2. The van der Waals surface area contributed by atoms with Crippen molar-refractivity contribution >= 4 is 22.3 Å². The molecule has 0 radical (unpaired) electrons. The van der Waals surface area contributed by atoms with E-state index in [1.807, 2.05) is 6.92 Å². The quantitative estimate of drug-likeness (QED) is 0.757. The highest BCUT2D eigenvalue weighted by molar-refractivity contribution is 7.61. The fourth-order valence-electron chi connectivity index (χ4n) is 2.46. The zero-order valence-corrected chi connectivity index (χ0v) is 18.3. The lowest BCUT2D eigenvalue weighted by Gasteiger charge is -2.12. The van der Waals surface area contributed by atoms with E-state index in [1.54, 1.807) is 30.3 Å². The molecule has 1 aromatic carbocycles. The molecule has 1 N–H and O–H groups in total. The summed E-state index contributed by atoms with van der Waals surface area (Å²) >= 11 is 0. The zero-order valence-electron chi connectivity index (χ0n) is 17.5. The van der Waals surface area contributed by atoms with Crippen LogP contribution in [-0.2, 0) is 23.3 Å². The molecule has 1 heterocycles. The minimum atomic E-state index is -2.74. The highest BCUT2D eigenvalue weighted by Crippen LogP contribution is 2.22. The average Bonchev–Trinajstić information content (AvgIpc) is 2.57. The number of carbonyl (C=O) groups is 1. The summed E-state index contributed by atoms with van der Waals surface area (Å²) in [5.41, 5.74) is 0.728. The predicted octanol–water partition coefficient (Wildman–Crippen LogP) is 4.66. The molecule has 0 aliphatic heterocycles. The van der Waals surface area contributed by atoms with Crippen molar-refractivity contribution in [1.29, 1.82) is 0 Å². The molecule has 2 rings (SSSR count). The molecule has 0 saturated heterocycles. The molecule has 0 aliphatic carbocycles. The van der Waals surface area contributed by atoms with Crippen molar-refractivity contribution in [1.82, 2.24) is 4.57 Å². The monoisotopic (exact) mass is 420 g/mol. The fraction of sp³-hybridized carbons (Fsp3) is 0.429. The van der Waals surface area contributed by atoms with Gasteiger partial charge in [-0.2, -0.15) is 8.42 Å². The number of aromatic nitrogens is 1. The van der Waals surface area contributed by atoms with Gasteiger partial charge in [-0.05, 0) is 23.5 Å². The molecular formula is C21H28N2O5S. The van der Waals surface area contributed by atoms with Crippen LogP contribution in [0.3, 0.4) is 0 Å². The van der Waals surface area contributed by atoms with Crippen molar-refractivity contribution in [3.8, 4) is 0 Å². The third kappa shape index (κ3) is 8.43. The molecule has 0 fully saturated rings. The molecule has 1 aromatic heterocycles. The van der Waals surface area contributed by atoms with Crippen molar-refractivity contribution in [3.63, 3.8) is 0 Å². The summed E-state index contributed by atoms with van der Waals surface area (Å²) in [6.45, 7) is 10.6. The second-order valence-corrected chi connectivity index (χ2v) is 8.76. The lowest BCUT2D eigenvalue weighted by atomic mass is 10.0. The SMILES string of the molecule is CC(C)(C)C.CCCc1cc(N=S(=O)=O)c(Cc2ccccc2)c(=O)n1C(=O)O. The van der Waals surface area contributed by atoms with Crippen molar-refractivity contribution in [2.75, 3.05) is 0 Å². The van der Waals surface area contributed by atoms with Crippen LogP contribution in [0.25, 0.3) is 0 Å². The maximum Gasteiger partial charge on any atom is 0.418 e. The molecule has 2 aromatic rings. The van der Waals surface area contributed by atoms with E-state index < -0.39 is 22.2 Å². The number of hydrogen-bond acceptors (Lipinski definition) is 5. The Bertz CT molecular complexity index is 1020. The number of nitrogens with zero attached hydrogens (tertiary/aromatic N) is 2. The molecule has 7 nitrogen and oxygen atoms in total. The lowest BCUT2D eigenvalue weighted by molar-refractivity contribution is 0.194. The van der Waals surface area contributed by atoms with E-state index in [-0.39, 0.29) is 23.4 Å². The summed E-state index contributed by atoms with van der Waals surface area (Å²) in [4.78, 5) is 24.1. The highest BCUT2D eigenvalue weighted by atomic mass is 32.2. The van der Waals surface area contributed by atoms with E-state index in [0.717, 1.165) is 5.56 Å². The van der Waals surface area contributed by atoms with Crippen molar-refractivity contribution in [2.45, 2.75) is 53.9 Å². The maximum absolute atomic E-state index is 12.6. The first-order valence-corrected chi connectivity index (χ1v) is 10.3. The van der Waals surface area contributed by atoms with Crippen molar-refractivity contribution < 1.29 is 18.3 Å². The van der Waals surface area contributed by atoms with E-state index in [2.05, 4.69) is 32.1 Å². The molecule has 0 bridgehead atoms. The summed E-state index contributed by atoms with van der Waals surface area (Å²) in [7, 11) is -2.74. The third-order valence-electron chi connectivity index (χ3n) is 3.46. The van der Waals surface area contributed by atoms with Crippen LogP contribution in [0.1, 0.15) is 57.9 Å². The molecule has 0 unspecified atom stereocenters. The summed E-state index contributed by atoms with van der Waals surface area (Å²) in [6.07, 6.45) is -0.381. The van der Waals surface area contributed by atoms with Gasteiger partial charge in [-0.1, -0.05) is 71.4 Å². The highest BCUT2D eigenvalue weighted by Gasteiger charge is 2.19. The van der Waals surface area contributed by atoms with Gasteiger partial charge in [-0.3, -0.25) is 4.79 Å². The van der Waals surface area contributed by atoms with Gasteiger partial charge < -0.3 is 5.11 Å². The van der Waals surface area contributed by atoms with Gasteiger partial charge in [0.1, 0.15) is 0 Å². The number of carboxylic acid groups (broad SMARTS) is 1. The van der Waals surface area contributed by atoms with E-state index >= 15 is 0 Å². The second kappa shape index (κ2) is 10.7. The minimum Gasteiger partial charge on any atom is -0.464 e. The standard InChI is InChI=1S/C16H16N2O5S.C5H12/c1-2-6-12-10-14(17-24(22)23)13(15(19)18(12)16(20)21)9-11-7-4-3-5-8-11;1-5(2,3)4/h3-5,7-8,10H,2,6,9H2,1H3,(H,20,21);1-4H3. The maximum atomic E-state index is 12.6. The van der Waals surface area contributed by atoms with Gasteiger partial charge in [0.2, 0.25) is 0 Å². The Morgan fingerprint density at radius 2 is 1.69 bits per heavy atom. The van der Waals surface area contributed by atoms with Crippen LogP contribution in [-0.4, -0.2) is 24.2 Å². The first kappa shape index (κ1) is 24.3. The van der Waals surface area contributed by atoms with Gasteiger partial charge in [-0.15, -0.1) is 4.36 Å². The topological polar surface area (TPSA) is 106 Å². The first-order chi connectivity index (χ1) is 13.4. The molecule has 8 heteroatoms. The summed E-state index contributed by atoms with van der Waals surface area (Å²) in [5.74, 6) is 0. The Morgan fingerprint density at radius 3 is 2.14 bits per heavy atom. The Balaban J connectivity index is 0.000000749. The Kier molecular flexibility index (Phi) is 8.97. The number of hydrogen-bond donors (Lipinski definition) is 1. The largest absolute Gasteiger partial charge is 0.464 e. The number of aryl methyl sites for hydroxylation is 1. The van der Waals surface area contributed by atoms with Gasteiger partial charge in [0, 0.05) is 17.7 Å². The zero-order chi connectivity index (χ0) is 22.2. The van der Waals surface area contributed by atoms with E-state index in [4.69, 9.17) is 0 Å². The number of rotatable bonds is 5. The Morgan fingerprint density at radius 1 is 1.14 bits per heavy atom. The number of benzene rings is 1. The van der Waals surface area contributed by atoms with Gasteiger partial charge in [0.05, 0.1) is 5.69 Å². The lowest BCUT2D eigenvalue weighted by Crippen LogP contribution is -2.31. The molecule has 0 saturated carbocycles. The van der Waals surface area contributed by atoms with Crippen LogP contribution < -0.4 is 5.56 Å². The van der Waals surface area contributed by atoms with E-state index in [9.17, 15) is 23.1 Å². The smallest absolute Gasteiger partial charge is 0.418 e. The van der Waals surface area contributed by atoms with Crippen molar-refractivity contribution in [2.24, 2.45) is 9.78 Å². The number of pyridine rings is 1. The van der Waals surface area contributed by atoms with E-state index in [1.165, 1.54) is 6.07 Å². The first-order valence-electron chi connectivity index (χ1n) is 9.30. The van der Waals surface area contributed by atoms with Crippen LogP contribution in [0.4, 0.5) is 10.5 Å². The van der Waals surface area contributed by atoms with Crippen molar-refractivity contribution in [3.05, 3.63) is 63.6 Å². The van der Waals surface area contributed by atoms with Crippen LogP contribution in [0.5, 0.6) is 0 Å². The molecule has 0 atom stereocenters. The molecule has 29 heavy (non-hydrogen) atoms. The summed E-state index contributed by atoms with van der Waals surface area (Å²) < 4.78 is 26.1. The van der Waals surface area contributed by atoms with Crippen LogP contribution in [0.2, 0.25) is 0 Å². The van der Waals surface area contributed by atoms with Gasteiger partial charge in [0.25, 0.3) is 5.56 Å². The second-order valence-electron chi connectivity index (χ2n) is 8.14. The Labute approximate surface area is 172 Å². The average molecular weight is 421 g/mol. The van der Waals surface area contributed by atoms with Gasteiger partial charge in [0.15, 0.2) is 0 Å². The van der Waals surface area contributed by atoms with Crippen LogP contribution in [0, 0.1) is 5.41 Å². The normalized spacial score (nSPS) is 10.7. The van der Waals surface area contributed by atoms with Crippen LogP contribution in [0.15, 0.2) is 45.6 Å². The minimum absolute atomic E-state index is 0.0156. The van der Waals surface area contributed by atoms with E-state index in [0.29, 0.717) is 22.8 Å². The predicted molar refractivity (Wildman–Crippen MR) is 114 cm³/mol. The molecule has 0 amide bonds. The molecule has 158 valence electrons. The Hall–Kier alpha value is -2.74. The fourth-order valence-corrected chi connectivity index (χ4v) is 2.79. The van der Waals surface area contributed by atoms with Gasteiger partial charge >= 0.3 is 16.6 Å². The summed E-state index contributed by atoms with van der Waals surface area (Å²) in [5, 5.41) is 9.35. The third-order valence-corrected chi connectivity index (χ3v) is 3.80. The molecule has 0 aliphatic rings. The molecule has 0 spiro atoms. The molecular weight excluding hydrogens is 392 g/mol. The van der Waals surface area contributed by atoms with Gasteiger partial charge in [-0.25, -0.2) is 9.36 Å². The van der Waals surface area contributed by atoms with Crippen LogP contribution >= 0.6 is 0 Å².